The zero-order valence-electron chi connectivity index (χ0n) is 8.44. The van der Waals surface area contributed by atoms with Crippen molar-refractivity contribution < 1.29 is 0 Å². The number of amidine groups is 2. The van der Waals surface area contributed by atoms with E-state index in [0.717, 1.165) is 12.8 Å². The van der Waals surface area contributed by atoms with E-state index in [0.29, 0.717) is 11.7 Å². The van der Waals surface area contributed by atoms with Gasteiger partial charge in [0.05, 0.1) is 0 Å². The lowest BCUT2D eigenvalue weighted by Crippen LogP contribution is -2.22. The first-order valence-corrected chi connectivity index (χ1v) is 4.30. The number of aliphatic imine (C=N–C) groups is 1. The van der Waals surface area contributed by atoms with Gasteiger partial charge in [-0.2, -0.15) is 0 Å². The van der Waals surface area contributed by atoms with E-state index in [4.69, 9.17) is 11.1 Å². The second-order valence-electron chi connectivity index (χ2n) is 3.95. The molecule has 0 aliphatic carbocycles. The molecule has 0 fully saturated rings. The Hall–Kier alpha value is -0.860. The molecule has 0 aromatic rings. The predicted octanol–water partition coefficient (Wildman–Crippen LogP) is 2.17. The van der Waals surface area contributed by atoms with Crippen molar-refractivity contribution in [2.24, 2.45) is 16.1 Å². The SMILES string of the molecule is CCCC(N)=NC(=N)C(C)(C)C. The van der Waals surface area contributed by atoms with Gasteiger partial charge in [-0.3, -0.25) is 5.41 Å². The van der Waals surface area contributed by atoms with Gasteiger partial charge < -0.3 is 5.73 Å². The molecule has 0 amide bonds. The van der Waals surface area contributed by atoms with E-state index in [1.807, 2.05) is 27.7 Å². The van der Waals surface area contributed by atoms with Gasteiger partial charge in [0, 0.05) is 11.8 Å². The van der Waals surface area contributed by atoms with Crippen LogP contribution >= 0.6 is 0 Å². The van der Waals surface area contributed by atoms with Crippen LogP contribution in [0.2, 0.25) is 0 Å². The summed E-state index contributed by atoms with van der Waals surface area (Å²) in [5.74, 6) is 0.922. The van der Waals surface area contributed by atoms with Gasteiger partial charge in [0.15, 0.2) is 0 Å². The van der Waals surface area contributed by atoms with Crippen LogP contribution < -0.4 is 5.73 Å². The lowest BCUT2D eigenvalue weighted by molar-refractivity contribution is 0.581. The molecule has 3 heteroatoms. The summed E-state index contributed by atoms with van der Waals surface area (Å²) in [4.78, 5) is 4.02. The highest BCUT2D eigenvalue weighted by Gasteiger charge is 2.16. The van der Waals surface area contributed by atoms with E-state index < -0.39 is 0 Å². The number of nitrogens with zero attached hydrogens (tertiary/aromatic N) is 1. The van der Waals surface area contributed by atoms with Crippen LogP contribution in [0.5, 0.6) is 0 Å². The molecule has 0 bridgehead atoms. The summed E-state index contributed by atoms with van der Waals surface area (Å²) >= 11 is 0. The van der Waals surface area contributed by atoms with Crippen LogP contribution in [0.15, 0.2) is 4.99 Å². The molecule has 0 aliphatic rings. The zero-order valence-corrected chi connectivity index (χ0v) is 8.44. The van der Waals surface area contributed by atoms with Crippen LogP contribution in [-0.2, 0) is 0 Å². The van der Waals surface area contributed by atoms with E-state index in [1.165, 1.54) is 0 Å². The molecule has 70 valence electrons. The number of hydrogen-bond acceptors (Lipinski definition) is 1. The largest absolute Gasteiger partial charge is 0.387 e. The molecular weight excluding hydrogens is 150 g/mol. The molecule has 3 nitrogen and oxygen atoms in total. The lowest BCUT2D eigenvalue weighted by atomic mass is 9.95. The van der Waals surface area contributed by atoms with Crippen LogP contribution in [0.4, 0.5) is 0 Å². The fraction of sp³-hybridized carbons (Fsp3) is 0.778. The van der Waals surface area contributed by atoms with Crippen molar-refractivity contribution >= 4 is 11.7 Å². The summed E-state index contributed by atoms with van der Waals surface area (Å²) in [5.41, 5.74) is 5.39. The summed E-state index contributed by atoms with van der Waals surface area (Å²) in [6.45, 7) is 7.91. The van der Waals surface area contributed by atoms with Crippen molar-refractivity contribution in [3.63, 3.8) is 0 Å². The molecule has 0 spiro atoms. The maximum absolute atomic E-state index is 7.58. The summed E-state index contributed by atoms with van der Waals surface area (Å²) in [6, 6.07) is 0. The Labute approximate surface area is 74.6 Å². The van der Waals surface area contributed by atoms with Crippen LogP contribution in [0.3, 0.4) is 0 Å². The molecule has 0 saturated carbocycles. The molecule has 0 saturated heterocycles. The number of nitrogens with two attached hydrogens (primary N) is 1. The topological polar surface area (TPSA) is 62.2 Å². The first-order chi connectivity index (χ1) is 5.38. The van der Waals surface area contributed by atoms with Crippen molar-refractivity contribution in [3.8, 4) is 0 Å². The summed E-state index contributed by atoms with van der Waals surface area (Å²) in [6.07, 6.45) is 1.76. The summed E-state index contributed by atoms with van der Waals surface area (Å²) in [7, 11) is 0. The van der Waals surface area contributed by atoms with Crippen molar-refractivity contribution in [2.45, 2.75) is 40.5 Å². The smallest absolute Gasteiger partial charge is 0.127 e. The van der Waals surface area contributed by atoms with Gasteiger partial charge in [0.1, 0.15) is 11.7 Å². The molecule has 0 aromatic carbocycles. The van der Waals surface area contributed by atoms with Crippen LogP contribution in [0.25, 0.3) is 0 Å². The minimum Gasteiger partial charge on any atom is -0.387 e. The number of rotatable bonds is 2. The van der Waals surface area contributed by atoms with Gasteiger partial charge in [-0.25, -0.2) is 4.99 Å². The van der Waals surface area contributed by atoms with E-state index in [-0.39, 0.29) is 5.41 Å². The Morgan fingerprint density at radius 3 is 2.25 bits per heavy atom. The maximum Gasteiger partial charge on any atom is 0.127 e. The molecule has 0 unspecified atom stereocenters. The molecular formula is C9H19N3. The van der Waals surface area contributed by atoms with Crippen molar-refractivity contribution in [3.05, 3.63) is 0 Å². The normalized spacial score (nSPS) is 13.2. The third-order valence-electron chi connectivity index (χ3n) is 1.47. The van der Waals surface area contributed by atoms with E-state index >= 15 is 0 Å². The van der Waals surface area contributed by atoms with Gasteiger partial charge in [-0.05, 0) is 6.42 Å². The van der Waals surface area contributed by atoms with Gasteiger partial charge in [0.2, 0.25) is 0 Å². The third-order valence-corrected chi connectivity index (χ3v) is 1.47. The fourth-order valence-corrected chi connectivity index (χ4v) is 0.623. The predicted molar refractivity (Wildman–Crippen MR) is 53.7 cm³/mol. The molecule has 0 rings (SSSR count). The third kappa shape index (κ3) is 4.11. The Morgan fingerprint density at radius 2 is 1.92 bits per heavy atom. The Balaban J connectivity index is 4.24. The van der Waals surface area contributed by atoms with E-state index in [9.17, 15) is 0 Å². The average Bonchev–Trinajstić information content (AvgIpc) is 1.85. The molecule has 0 aromatic heterocycles. The fourth-order valence-electron chi connectivity index (χ4n) is 0.623. The second-order valence-corrected chi connectivity index (χ2v) is 3.95. The standard InChI is InChI=1S/C9H19N3/c1-5-6-7(10)12-8(11)9(2,3)4/h5-6H2,1-4H3,(H3,10,11,12). The Kier molecular flexibility index (Phi) is 3.93. The van der Waals surface area contributed by atoms with E-state index in [2.05, 4.69) is 4.99 Å². The average molecular weight is 169 g/mol. The van der Waals surface area contributed by atoms with Crippen molar-refractivity contribution in [1.29, 1.82) is 5.41 Å². The molecule has 0 atom stereocenters. The van der Waals surface area contributed by atoms with Gasteiger partial charge in [0.25, 0.3) is 0 Å². The monoisotopic (exact) mass is 169 g/mol. The van der Waals surface area contributed by atoms with Gasteiger partial charge in [-0.15, -0.1) is 0 Å². The minimum absolute atomic E-state index is 0.196. The van der Waals surface area contributed by atoms with Crippen LogP contribution in [-0.4, -0.2) is 11.7 Å². The van der Waals surface area contributed by atoms with Crippen LogP contribution in [0.1, 0.15) is 40.5 Å². The highest BCUT2D eigenvalue weighted by atomic mass is 14.9. The van der Waals surface area contributed by atoms with Crippen molar-refractivity contribution in [2.75, 3.05) is 0 Å². The molecule has 0 heterocycles. The van der Waals surface area contributed by atoms with Gasteiger partial charge in [-0.1, -0.05) is 27.7 Å². The highest BCUT2D eigenvalue weighted by Crippen LogP contribution is 2.15. The van der Waals surface area contributed by atoms with E-state index in [1.54, 1.807) is 0 Å². The maximum atomic E-state index is 7.58. The summed E-state index contributed by atoms with van der Waals surface area (Å²) in [5, 5.41) is 7.58. The summed E-state index contributed by atoms with van der Waals surface area (Å²) < 4.78 is 0. The molecule has 0 aliphatic heterocycles. The second kappa shape index (κ2) is 4.24. The minimum atomic E-state index is -0.196. The number of hydrogen-bond donors (Lipinski definition) is 2. The van der Waals surface area contributed by atoms with Crippen molar-refractivity contribution in [1.82, 2.24) is 0 Å². The van der Waals surface area contributed by atoms with Crippen LogP contribution in [0, 0.1) is 10.8 Å². The quantitative estimate of drug-likeness (QED) is 0.483. The zero-order chi connectivity index (χ0) is 9.78. The van der Waals surface area contributed by atoms with Gasteiger partial charge >= 0.3 is 0 Å². The first-order valence-electron chi connectivity index (χ1n) is 4.30. The molecule has 0 radical (unpaired) electrons. The molecule has 12 heavy (non-hydrogen) atoms. The Bertz CT molecular complexity index is 186. The molecule has 3 N–H and O–H groups in total. The highest BCUT2D eigenvalue weighted by molar-refractivity contribution is 5.97. The Morgan fingerprint density at radius 1 is 1.42 bits per heavy atom. The number of nitrogens with one attached hydrogen (secondary N) is 1. The first kappa shape index (κ1) is 11.1. The lowest BCUT2D eigenvalue weighted by Gasteiger charge is -2.16.